The molecule has 2 saturated heterocycles. The summed E-state index contributed by atoms with van der Waals surface area (Å²) in [6.07, 6.45) is 5.20. The molecule has 2 aliphatic heterocycles. The first-order chi connectivity index (χ1) is 22.8. The molecule has 3 amide bonds. The van der Waals surface area contributed by atoms with E-state index in [1.54, 1.807) is 23.0 Å². The Morgan fingerprint density at radius 3 is 2.32 bits per heavy atom. The summed E-state index contributed by atoms with van der Waals surface area (Å²) >= 11 is 0. The van der Waals surface area contributed by atoms with Crippen LogP contribution in [0.15, 0.2) is 42.5 Å². The highest BCUT2D eigenvalue weighted by atomic mass is 16.6. The van der Waals surface area contributed by atoms with Gasteiger partial charge >= 0.3 is 12.1 Å². The Bertz CT molecular complexity index is 1320. The Morgan fingerprint density at radius 2 is 1.66 bits per heavy atom. The monoisotopic (exact) mass is 651 g/mol. The minimum Gasteiger partial charge on any atom is -0.481 e. The van der Waals surface area contributed by atoms with Gasteiger partial charge in [-0.25, -0.2) is 9.78 Å². The number of hydrogen-bond donors (Lipinski definition) is 2. The summed E-state index contributed by atoms with van der Waals surface area (Å²) < 4.78 is 10.7. The predicted molar refractivity (Wildman–Crippen MR) is 178 cm³/mol. The number of methoxy groups -OCH3 is 1. The third-order valence-corrected chi connectivity index (χ3v) is 8.82. The second-order valence-electron chi connectivity index (χ2n) is 12.3. The first-order valence-corrected chi connectivity index (χ1v) is 16.8. The quantitative estimate of drug-likeness (QED) is 0.268. The molecule has 2 N–H and O–H groups in total. The average Bonchev–Trinajstić information content (AvgIpc) is 3.10. The van der Waals surface area contributed by atoms with Crippen LogP contribution in [0, 0.1) is 5.92 Å². The van der Waals surface area contributed by atoms with Crippen LogP contribution >= 0.6 is 0 Å². The highest BCUT2D eigenvalue weighted by Gasteiger charge is 2.31. The number of anilines is 1. The molecular weight excluding hydrogens is 602 g/mol. The number of unbranched alkanes of at least 4 members (excludes halogenated alkanes) is 3. The molecule has 12 heteroatoms. The Balaban J connectivity index is 1.45. The van der Waals surface area contributed by atoms with E-state index in [2.05, 4.69) is 22.1 Å². The van der Waals surface area contributed by atoms with Crippen LogP contribution in [0.1, 0.15) is 68.8 Å². The minimum atomic E-state index is -1.06. The molecule has 0 spiro atoms. The molecule has 47 heavy (non-hydrogen) atoms. The molecule has 4 rings (SSSR count). The number of pyridine rings is 1. The number of carboxylic acids is 1. The van der Waals surface area contributed by atoms with Crippen LogP contribution < -0.4 is 10.2 Å². The molecular formula is C35H49N5O7. The van der Waals surface area contributed by atoms with Crippen molar-refractivity contribution in [2.45, 2.75) is 64.3 Å². The van der Waals surface area contributed by atoms with E-state index in [9.17, 15) is 24.3 Å². The number of amides is 3. The molecule has 2 aliphatic rings. The maximum Gasteiger partial charge on any atom is 0.409 e. The van der Waals surface area contributed by atoms with Crippen LogP contribution in [-0.2, 0) is 19.1 Å². The fourth-order valence-electron chi connectivity index (χ4n) is 6.03. The van der Waals surface area contributed by atoms with Gasteiger partial charge in [0, 0.05) is 70.7 Å². The lowest BCUT2D eigenvalue weighted by Crippen LogP contribution is -2.56. The zero-order valence-electron chi connectivity index (χ0n) is 27.7. The third-order valence-electron chi connectivity index (χ3n) is 8.82. The van der Waals surface area contributed by atoms with E-state index in [0.717, 1.165) is 69.5 Å². The van der Waals surface area contributed by atoms with Gasteiger partial charge in [0.2, 0.25) is 5.91 Å². The van der Waals surface area contributed by atoms with Crippen LogP contribution in [0.5, 0.6) is 0 Å². The summed E-state index contributed by atoms with van der Waals surface area (Å²) in [7, 11) is 1.72. The van der Waals surface area contributed by atoms with Gasteiger partial charge in [0.25, 0.3) is 5.91 Å². The SMILES string of the molecule is CCCCCCOC(=O)N1CCN(C(=O)[C@H](CCC(=O)O)NC(=O)c2cc(N3CCC(COC)CC3)cc(-c3ccccc3)n2)CC1. The van der Waals surface area contributed by atoms with Crippen LogP contribution in [0.2, 0.25) is 0 Å². The van der Waals surface area contributed by atoms with Crippen molar-refractivity contribution in [3.05, 3.63) is 48.2 Å². The molecule has 3 heterocycles. The second kappa shape index (κ2) is 18.2. The first-order valence-electron chi connectivity index (χ1n) is 16.8. The number of piperidine rings is 1. The van der Waals surface area contributed by atoms with E-state index in [-0.39, 0.29) is 37.5 Å². The van der Waals surface area contributed by atoms with Crippen LogP contribution in [0.25, 0.3) is 11.3 Å². The third kappa shape index (κ3) is 10.7. The zero-order chi connectivity index (χ0) is 33.6. The number of rotatable bonds is 15. The summed E-state index contributed by atoms with van der Waals surface area (Å²) in [4.78, 5) is 61.5. The molecule has 256 valence electrons. The zero-order valence-corrected chi connectivity index (χ0v) is 27.7. The van der Waals surface area contributed by atoms with Gasteiger partial charge in [-0.3, -0.25) is 14.4 Å². The lowest BCUT2D eigenvalue weighted by molar-refractivity contribution is -0.138. The van der Waals surface area contributed by atoms with Gasteiger partial charge in [-0.2, -0.15) is 0 Å². The largest absolute Gasteiger partial charge is 0.481 e. The summed E-state index contributed by atoms with van der Waals surface area (Å²) in [5.41, 5.74) is 2.50. The molecule has 1 atom stereocenters. The number of nitrogens with zero attached hydrogens (tertiary/aromatic N) is 4. The van der Waals surface area contributed by atoms with Crippen molar-refractivity contribution in [2.75, 3.05) is 64.5 Å². The lowest BCUT2D eigenvalue weighted by atomic mass is 9.97. The molecule has 2 aromatic rings. The number of carbonyl (C=O) groups is 4. The van der Waals surface area contributed by atoms with Crippen molar-refractivity contribution in [3.63, 3.8) is 0 Å². The van der Waals surface area contributed by atoms with Crippen molar-refractivity contribution in [2.24, 2.45) is 5.92 Å². The number of ether oxygens (including phenoxy) is 2. The van der Waals surface area contributed by atoms with Crippen LogP contribution in [-0.4, -0.2) is 109 Å². The van der Waals surface area contributed by atoms with Crippen LogP contribution in [0.4, 0.5) is 10.5 Å². The number of benzene rings is 1. The summed E-state index contributed by atoms with van der Waals surface area (Å²) in [5, 5.41) is 12.2. The minimum absolute atomic E-state index is 0.0713. The number of aliphatic carboxylic acids is 1. The highest BCUT2D eigenvalue weighted by molar-refractivity contribution is 5.97. The molecule has 0 aliphatic carbocycles. The molecule has 0 bridgehead atoms. The number of carbonyl (C=O) groups excluding carboxylic acids is 3. The molecule has 12 nitrogen and oxygen atoms in total. The maximum atomic E-state index is 13.8. The van der Waals surface area contributed by atoms with Gasteiger partial charge in [-0.05, 0) is 43.7 Å². The maximum absolute atomic E-state index is 13.8. The van der Waals surface area contributed by atoms with E-state index in [4.69, 9.17) is 9.47 Å². The summed E-state index contributed by atoms with van der Waals surface area (Å²) in [6.45, 7) is 5.94. The van der Waals surface area contributed by atoms with Crippen molar-refractivity contribution in [1.29, 1.82) is 0 Å². The van der Waals surface area contributed by atoms with Gasteiger partial charge in [0.15, 0.2) is 0 Å². The normalized spacial score (nSPS) is 16.1. The number of piperazine rings is 1. The molecule has 2 fully saturated rings. The second-order valence-corrected chi connectivity index (χ2v) is 12.3. The molecule has 0 radical (unpaired) electrons. The topological polar surface area (TPSA) is 142 Å². The summed E-state index contributed by atoms with van der Waals surface area (Å²) in [5.74, 6) is -1.51. The highest BCUT2D eigenvalue weighted by Crippen LogP contribution is 2.28. The van der Waals surface area contributed by atoms with E-state index in [1.807, 2.05) is 36.4 Å². The number of nitrogens with one attached hydrogen (secondary N) is 1. The lowest BCUT2D eigenvalue weighted by Gasteiger charge is -2.36. The average molecular weight is 652 g/mol. The predicted octanol–water partition coefficient (Wildman–Crippen LogP) is 4.44. The first kappa shape index (κ1) is 35.7. The van der Waals surface area contributed by atoms with E-state index >= 15 is 0 Å². The van der Waals surface area contributed by atoms with Crippen molar-refractivity contribution in [3.8, 4) is 11.3 Å². The van der Waals surface area contributed by atoms with Crippen molar-refractivity contribution >= 4 is 29.6 Å². The fourth-order valence-corrected chi connectivity index (χ4v) is 6.03. The van der Waals surface area contributed by atoms with Crippen molar-refractivity contribution in [1.82, 2.24) is 20.1 Å². The molecule has 1 aromatic carbocycles. The number of aromatic nitrogens is 1. The van der Waals surface area contributed by atoms with Crippen LogP contribution in [0.3, 0.4) is 0 Å². The Morgan fingerprint density at radius 1 is 0.957 bits per heavy atom. The standard InChI is InChI=1S/C35H49N5O7/c1-3-4-5-9-22-47-35(45)40-20-18-39(19-21-40)34(44)29(12-13-32(41)42)37-33(43)31-24-28(38-16-14-26(15-17-38)25-46-2)23-30(36-31)27-10-7-6-8-11-27/h6-8,10-11,23-24,26,29H,3-5,9,12-22,25H2,1-2H3,(H,37,43)(H,41,42)/t29-/m0/s1. The van der Waals surface area contributed by atoms with Crippen molar-refractivity contribution < 1.29 is 33.8 Å². The van der Waals surface area contributed by atoms with E-state index in [1.165, 1.54) is 0 Å². The van der Waals surface area contributed by atoms with Gasteiger partial charge in [0.1, 0.15) is 11.7 Å². The van der Waals surface area contributed by atoms with E-state index < -0.39 is 24.0 Å². The molecule has 1 aromatic heterocycles. The van der Waals surface area contributed by atoms with Gasteiger partial charge in [0.05, 0.1) is 12.3 Å². The number of carboxylic acid groups (broad SMARTS) is 1. The van der Waals surface area contributed by atoms with E-state index in [0.29, 0.717) is 31.3 Å². The van der Waals surface area contributed by atoms with Gasteiger partial charge in [-0.1, -0.05) is 56.5 Å². The number of hydrogen-bond acceptors (Lipinski definition) is 8. The fraction of sp³-hybridized carbons (Fsp3) is 0.571. The smallest absolute Gasteiger partial charge is 0.409 e. The van der Waals surface area contributed by atoms with Gasteiger partial charge in [-0.15, -0.1) is 0 Å². The summed E-state index contributed by atoms with van der Waals surface area (Å²) in [6, 6.07) is 12.2. The Labute approximate surface area is 277 Å². The van der Waals surface area contributed by atoms with Gasteiger partial charge < -0.3 is 34.6 Å². The molecule has 0 saturated carbocycles. The Kier molecular flexibility index (Phi) is 13.8. The Hall–Kier alpha value is -4.19. The molecule has 0 unspecified atom stereocenters.